The number of fused-ring (bicyclic) bond motifs is 6. The van der Waals surface area contributed by atoms with Gasteiger partial charge in [0.1, 0.15) is 5.75 Å². The number of rotatable bonds is 3. The molecule has 4 heteroatoms. The third-order valence-corrected chi connectivity index (χ3v) is 6.44. The van der Waals surface area contributed by atoms with Crippen molar-refractivity contribution in [3.8, 4) is 5.75 Å². The number of allylic oxidation sites excluding steroid dienone is 1. The summed E-state index contributed by atoms with van der Waals surface area (Å²) in [5, 5.41) is 1.29. The number of Topliss-reactive ketones (excluding diaryl/α,β-unsaturated/α-hetero) is 1. The molecule has 4 nitrogen and oxygen atoms in total. The second kappa shape index (κ2) is 7.20. The predicted molar refractivity (Wildman–Crippen MR) is 116 cm³/mol. The highest BCUT2D eigenvalue weighted by Crippen LogP contribution is 2.38. The number of carbonyl (C=O) groups is 1. The minimum atomic E-state index is -0.0851. The molecule has 2 unspecified atom stereocenters. The van der Waals surface area contributed by atoms with E-state index in [0.29, 0.717) is 5.78 Å². The van der Waals surface area contributed by atoms with Crippen LogP contribution in [0.3, 0.4) is 0 Å². The number of ether oxygens (including phenoxy) is 1. The van der Waals surface area contributed by atoms with E-state index < -0.39 is 0 Å². The monoisotopic (exact) mass is 386 g/mol. The lowest BCUT2D eigenvalue weighted by atomic mass is 9.88. The van der Waals surface area contributed by atoms with Crippen LogP contribution in [0.25, 0.3) is 10.9 Å². The fourth-order valence-corrected chi connectivity index (χ4v) is 4.97. The van der Waals surface area contributed by atoms with Gasteiger partial charge in [0.2, 0.25) is 0 Å². The molecule has 29 heavy (non-hydrogen) atoms. The number of ketones is 1. The standard InChI is InChI=1S/C25H26N2O2/c1-3-18-15-26-13-12-21-20-6-4-5-7-23(20)27(24(21)22(16-26)25(18)28)14-17-8-10-19(29-2)11-9-17/h3-11,22H,12-16H2,1-2H3/b18-3+. The van der Waals surface area contributed by atoms with Gasteiger partial charge < -0.3 is 9.30 Å². The number of benzene rings is 2. The smallest absolute Gasteiger partial charge is 0.170 e. The molecule has 1 fully saturated rings. The van der Waals surface area contributed by atoms with Gasteiger partial charge in [0.25, 0.3) is 0 Å². The van der Waals surface area contributed by atoms with Crippen molar-refractivity contribution in [3.63, 3.8) is 0 Å². The van der Waals surface area contributed by atoms with E-state index in [9.17, 15) is 4.79 Å². The second-order valence-corrected chi connectivity index (χ2v) is 8.03. The molecule has 5 rings (SSSR count). The van der Waals surface area contributed by atoms with Gasteiger partial charge in [-0.3, -0.25) is 9.69 Å². The minimum absolute atomic E-state index is 0.0851. The van der Waals surface area contributed by atoms with Gasteiger partial charge in [-0.25, -0.2) is 0 Å². The number of carbonyl (C=O) groups excluding carboxylic acids is 1. The summed E-state index contributed by atoms with van der Waals surface area (Å²) in [6, 6.07) is 16.8. The van der Waals surface area contributed by atoms with Gasteiger partial charge in [-0.15, -0.1) is 0 Å². The fourth-order valence-electron chi connectivity index (χ4n) is 4.97. The molecule has 1 saturated heterocycles. The van der Waals surface area contributed by atoms with E-state index >= 15 is 0 Å². The Morgan fingerprint density at radius 3 is 2.69 bits per heavy atom. The Hall–Kier alpha value is -2.85. The van der Waals surface area contributed by atoms with Crippen LogP contribution in [0.4, 0.5) is 0 Å². The first kappa shape index (κ1) is 18.2. The van der Waals surface area contributed by atoms with Gasteiger partial charge in [-0.1, -0.05) is 36.4 Å². The van der Waals surface area contributed by atoms with E-state index in [0.717, 1.165) is 43.9 Å². The van der Waals surface area contributed by atoms with Crippen molar-refractivity contribution in [1.82, 2.24) is 9.47 Å². The molecule has 3 aromatic rings. The number of nitrogens with zero attached hydrogens (tertiary/aromatic N) is 2. The van der Waals surface area contributed by atoms with Crippen molar-refractivity contribution >= 4 is 16.7 Å². The SMILES string of the molecule is C/C=C1\CN2CCc3c(n(Cc4ccc(OC)cc4)c4ccccc34)C(C2)C1=O. The van der Waals surface area contributed by atoms with Crippen molar-refractivity contribution < 1.29 is 9.53 Å². The van der Waals surface area contributed by atoms with Crippen LogP contribution in [0.2, 0.25) is 0 Å². The number of para-hydroxylation sites is 1. The summed E-state index contributed by atoms with van der Waals surface area (Å²) >= 11 is 0. The molecule has 1 aromatic heterocycles. The van der Waals surface area contributed by atoms with Crippen LogP contribution in [-0.4, -0.2) is 42.0 Å². The molecule has 0 aliphatic carbocycles. The maximum absolute atomic E-state index is 13.3. The van der Waals surface area contributed by atoms with Crippen LogP contribution < -0.4 is 4.74 Å². The number of methoxy groups -OCH3 is 1. The Bertz CT molecular complexity index is 1110. The zero-order chi connectivity index (χ0) is 20.0. The van der Waals surface area contributed by atoms with E-state index in [1.165, 1.54) is 27.7 Å². The van der Waals surface area contributed by atoms with Gasteiger partial charge in [0, 0.05) is 48.3 Å². The van der Waals surface area contributed by atoms with Crippen molar-refractivity contribution in [2.75, 3.05) is 26.7 Å². The summed E-state index contributed by atoms with van der Waals surface area (Å²) in [6.07, 6.45) is 3.00. The Morgan fingerprint density at radius 2 is 1.93 bits per heavy atom. The van der Waals surface area contributed by atoms with Gasteiger partial charge in [0.05, 0.1) is 13.0 Å². The molecule has 0 radical (unpaired) electrons. The first-order valence-corrected chi connectivity index (χ1v) is 10.3. The molecule has 2 atom stereocenters. The van der Waals surface area contributed by atoms with E-state index in [2.05, 4.69) is 45.9 Å². The van der Waals surface area contributed by atoms with Crippen LogP contribution in [-0.2, 0) is 17.8 Å². The lowest BCUT2D eigenvalue weighted by Gasteiger charge is -2.31. The van der Waals surface area contributed by atoms with Crippen molar-refractivity contribution in [2.45, 2.75) is 25.8 Å². The Labute approximate surface area is 171 Å². The summed E-state index contributed by atoms with van der Waals surface area (Å²) < 4.78 is 7.70. The first-order chi connectivity index (χ1) is 14.2. The predicted octanol–water partition coefficient (Wildman–Crippen LogP) is 4.17. The highest BCUT2D eigenvalue weighted by molar-refractivity contribution is 6.03. The summed E-state index contributed by atoms with van der Waals surface area (Å²) in [6.45, 7) is 5.35. The third-order valence-electron chi connectivity index (χ3n) is 6.44. The molecule has 148 valence electrons. The lowest BCUT2D eigenvalue weighted by Crippen LogP contribution is -2.41. The van der Waals surface area contributed by atoms with Crippen LogP contribution in [0.1, 0.15) is 29.7 Å². The van der Waals surface area contributed by atoms with E-state index in [-0.39, 0.29) is 5.92 Å². The van der Waals surface area contributed by atoms with Gasteiger partial charge >= 0.3 is 0 Å². The number of piperidine rings is 1. The molecule has 0 amide bonds. The molecule has 0 spiro atoms. The summed E-state index contributed by atoms with van der Waals surface area (Å²) in [5.41, 5.74) is 5.96. The Morgan fingerprint density at radius 1 is 1.14 bits per heavy atom. The third kappa shape index (κ3) is 2.99. The molecule has 2 aliphatic rings. The fraction of sp³-hybridized carbons (Fsp3) is 0.320. The number of hydrogen-bond acceptors (Lipinski definition) is 3. The molecular formula is C25H26N2O2. The first-order valence-electron chi connectivity index (χ1n) is 10.3. The molecular weight excluding hydrogens is 360 g/mol. The molecule has 3 heterocycles. The van der Waals surface area contributed by atoms with Crippen LogP contribution >= 0.6 is 0 Å². The van der Waals surface area contributed by atoms with E-state index in [1.807, 2.05) is 25.1 Å². The summed E-state index contributed by atoms with van der Waals surface area (Å²) in [4.78, 5) is 15.8. The average Bonchev–Trinajstić information content (AvgIpc) is 2.96. The summed E-state index contributed by atoms with van der Waals surface area (Å²) in [5.74, 6) is 1.07. The zero-order valence-corrected chi connectivity index (χ0v) is 17.0. The average molecular weight is 386 g/mol. The topological polar surface area (TPSA) is 34.5 Å². The lowest BCUT2D eigenvalue weighted by molar-refractivity contribution is -0.119. The summed E-state index contributed by atoms with van der Waals surface area (Å²) in [7, 11) is 1.69. The van der Waals surface area contributed by atoms with Crippen molar-refractivity contribution in [3.05, 3.63) is 77.0 Å². The quantitative estimate of drug-likeness (QED) is 0.634. The van der Waals surface area contributed by atoms with Gasteiger partial charge in [-0.05, 0) is 42.7 Å². The van der Waals surface area contributed by atoms with Crippen LogP contribution in [0.5, 0.6) is 5.75 Å². The van der Waals surface area contributed by atoms with Gasteiger partial charge in [-0.2, -0.15) is 0 Å². The molecule has 2 aliphatic heterocycles. The Kier molecular flexibility index (Phi) is 4.51. The maximum atomic E-state index is 13.3. The number of hydrogen-bond donors (Lipinski definition) is 0. The molecule has 0 saturated carbocycles. The largest absolute Gasteiger partial charge is 0.497 e. The maximum Gasteiger partial charge on any atom is 0.170 e. The molecule has 2 bridgehead atoms. The van der Waals surface area contributed by atoms with Crippen molar-refractivity contribution in [1.29, 1.82) is 0 Å². The zero-order valence-electron chi connectivity index (χ0n) is 17.0. The minimum Gasteiger partial charge on any atom is -0.497 e. The van der Waals surface area contributed by atoms with E-state index in [4.69, 9.17) is 4.74 Å². The number of aromatic nitrogens is 1. The highest BCUT2D eigenvalue weighted by Gasteiger charge is 2.38. The van der Waals surface area contributed by atoms with Crippen molar-refractivity contribution in [2.24, 2.45) is 0 Å². The molecule has 0 N–H and O–H groups in total. The van der Waals surface area contributed by atoms with E-state index in [1.54, 1.807) is 7.11 Å². The highest BCUT2D eigenvalue weighted by atomic mass is 16.5. The molecule has 2 aromatic carbocycles. The second-order valence-electron chi connectivity index (χ2n) is 8.03. The van der Waals surface area contributed by atoms with Gasteiger partial charge in [0.15, 0.2) is 5.78 Å². The Balaban J connectivity index is 1.68. The normalized spacial score (nSPS) is 22.6. The van der Waals surface area contributed by atoms with Crippen LogP contribution in [0.15, 0.2) is 60.2 Å². The van der Waals surface area contributed by atoms with Crippen LogP contribution in [0, 0.1) is 0 Å².